The van der Waals surface area contributed by atoms with E-state index < -0.39 is 0 Å². The number of rotatable bonds is 8. The first-order valence-electron chi connectivity index (χ1n) is 8.90. The van der Waals surface area contributed by atoms with Gasteiger partial charge in [0.25, 0.3) is 5.91 Å². The van der Waals surface area contributed by atoms with E-state index in [1.54, 1.807) is 7.11 Å². The molecule has 5 heteroatoms. The van der Waals surface area contributed by atoms with Gasteiger partial charge < -0.3 is 20.1 Å². The second-order valence-electron chi connectivity index (χ2n) is 6.42. The highest BCUT2D eigenvalue weighted by Gasteiger charge is 2.28. The van der Waals surface area contributed by atoms with Gasteiger partial charge in [-0.1, -0.05) is 6.07 Å². The lowest BCUT2D eigenvalue weighted by atomic mass is 9.98. The van der Waals surface area contributed by atoms with Crippen LogP contribution in [0.2, 0.25) is 0 Å². The fourth-order valence-corrected chi connectivity index (χ4v) is 3.17. The number of likely N-dealkylation sites (tertiary alicyclic amines) is 1. The SMILES string of the molecule is COCC[C@@H]1CCCCN1C(=O)c1ccc(C)cc1OCCCN. The van der Waals surface area contributed by atoms with Crippen LogP contribution in [0.4, 0.5) is 0 Å². The van der Waals surface area contributed by atoms with Crippen molar-refractivity contribution in [3.05, 3.63) is 29.3 Å². The number of carbonyl (C=O) groups excluding carboxylic acids is 1. The number of piperidine rings is 1. The van der Waals surface area contributed by atoms with Crippen LogP contribution in [0.5, 0.6) is 5.75 Å². The molecule has 0 aromatic heterocycles. The second kappa shape index (κ2) is 9.64. The molecule has 2 N–H and O–H groups in total. The Morgan fingerprint density at radius 2 is 2.17 bits per heavy atom. The Bertz CT molecular complexity index is 533. The lowest BCUT2D eigenvalue weighted by Gasteiger charge is -2.36. The molecule has 0 unspecified atom stereocenters. The lowest BCUT2D eigenvalue weighted by Crippen LogP contribution is -2.44. The first-order valence-corrected chi connectivity index (χ1v) is 8.90. The average molecular weight is 334 g/mol. The molecule has 24 heavy (non-hydrogen) atoms. The zero-order valence-corrected chi connectivity index (χ0v) is 14.9. The number of methoxy groups -OCH3 is 1. The summed E-state index contributed by atoms with van der Waals surface area (Å²) in [6, 6.07) is 6.05. The molecule has 5 nitrogen and oxygen atoms in total. The Kier molecular flexibility index (Phi) is 7.53. The number of hydrogen-bond donors (Lipinski definition) is 1. The zero-order valence-electron chi connectivity index (χ0n) is 14.9. The van der Waals surface area contributed by atoms with E-state index in [-0.39, 0.29) is 11.9 Å². The molecule has 2 rings (SSSR count). The zero-order chi connectivity index (χ0) is 17.4. The normalized spacial score (nSPS) is 17.8. The predicted molar refractivity (Wildman–Crippen MR) is 95.5 cm³/mol. The molecular formula is C19H30N2O3. The summed E-state index contributed by atoms with van der Waals surface area (Å²) in [5, 5.41) is 0. The van der Waals surface area contributed by atoms with Crippen molar-refractivity contribution in [3.8, 4) is 5.75 Å². The summed E-state index contributed by atoms with van der Waals surface area (Å²) in [7, 11) is 1.71. The number of carbonyl (C=O) groups is 1. The molecule has 1 heterocycles. The summed E-state index contributed by atoms with van der Waals surface area (Å²) in [5.74, 6) is 0.739. The molecule has 1 aliphatic heterocycles. The minimum absolute atomic E-state index is 0.0681. The van der Waals surface area contributed by atoms with E-state index in [0.717, 1.165) is 37.8 Å². The monoisotopic (exact) mass is 334 g/mol. The number of nitrogens with zero attached hydrogens (tertiary/aromatic N) is 1. The number of nitrogens with two attached hydrogens (primary N) is 1. The van der Waals surface area contributed by atoms with Crippen molar-refractivity contribution in [2.24, 2.45) is 5.73 Å². The molecule has 1 aliphatic rings. The molecule has 1 fully saturated rings. The fourth-order valence-electron chi connectivity index (χ4n) is 3.17. The van der Waals surface area contributed by atoms with Gasteiger partial charge in [-0.3, -0.25) is 4.79 Å². The summed E-state index contributed by atoms with van der Waals surface area (Å²) in [5.41, 5.74) is 7.28. The number of benzene rings is 1. The Labute approximate surface area is 145 Å². The first kappa shape index (κ1) is 18.7. The van der Waals surface area contributed by atoms with Crippen molar-refractivity contribution < 1.29 is 14.3 Å². The molecule has 1 saturated heterocycles. The highest BCUT2D eigenvalue weighted by Crippen LogP contribution is 2.27. The predicted octanol–water partition coefficient (Wildman–Crippen LogP) is 2.75. The standard InChI is InChI=1S/C19H30N2O3/c1-15-7-8-17(18(14-15)24-12-5-10-20)19(22)21-11-4-3-6-16(21)9-13-23-2/h7-8,14,16H,3-6,9-13,20H2,1-2H3/t16-/m0/s1. The average Bonchev–Trinajstić information content (AvgIpc) is 2.60. The highest BCUT2D eigenvalue weighted by atomic mass is 16.5. The minimum Gasteiger partial charge on any atom is -0.493 e. The summed E-state index contributed by atoms with van der Waals surface area (Å²) in [4.78, 5) is 15.1. The summed E-state index contributed by atoms with van der Waals surface area (Å²) < 4.78 is 11.0. The minimum atomic E-state index is 0.0681. The molecule has 1 aromatic carbocycles. The third-order valence-corrected chi connectivity index (χ3v) is 4.52. The summed E-state index contributed by atoms with van der Waals surface area (Å²) >= 11 is 0. The second-order valence-corrected chi connectivity index (χ2v) is 6.42. The molecule has 1 aromatic rings. The lowest BCUT2D eigenvalue weighted by molar-refractivity contribution is 0.0549. The van der Waals surface area contributed by atoms with E-state index in [0.29, 0.717) is 31.1 Å². The molecule has 0 spiro atoms. The van der Waals surface area contributed by atoms with Gasteiger partial charge in [-0.25, -0.2) is 0 Å². The molecule has 1 amide bonds. The third-order valence-electron chi connectivity index (χ3n) is 4.52. The Hall–Kier alpha value is -1.59. The summed E-state index contributed by atoms with van der Waals surface area (Å²) in [6.45, 7) is 4.62. The van der Waals surface area contributed by atoms with Gasteiger partial charge in [0.15, 0.2) is 0 Å². The smallest absolute Gasteiger partial charge is 0.257 e. The Balaban J connectivity index is 2.17. The third kappa shape index (κ3) is 4.95. The highest BCUT2D eigenvalue weighted by molar-refractivity contribution is 5.97. The van der Waals surface area contributed by atoms with Gasteiger partial charge in [0.05, 0.1) is 12.2 Å². The van der Waals surface area contributed by atoms with E-state index in [1.807, 2.05) is 30.0 Å². The molecule has 0 bridgehead atoms. The van der Waals surface area contributed by atoms with Gasteiger partial charge in [0.1, 0.15) is 5.75 Å². The van der Waals surface area contributed by atoms with Crippen molar-refractivity contribution >= 4 is 5.91 Å². The molecule has 0 aliphatic carbocycles. The fraction of sp³-hybridized carbons (Fsp3) is 0.632. The molecule has 134 valence electrons. The van der Waals surface area contributed by atoms with Gasteiger partial charge >= 0.3 is 0 Å². The van der Waals surface area contributed by atoms with Crippen LogP contribution in [-0.2, 0) is 4.74 Å². The van der Waals surface area contributed by atoms with Crippen molar-refractivity contribution in [2.75, 3.05) is 33.4 Å². The van der Waals surface area contributed by atoms with E-state index in [1.165, 1.54) is 6.42 Å². The van der Waals surface area contributed by atoms with Crippen LogP contribution in [0, 0.1) is 6.92 Å². The molecular weight excluding hydrogens is 304 g/mol. The molecule has 0 radical (unpaired) electrons. The Morgan fingerprint density at radius 3 is 2.92 bits per heavy atom. The summed E-state index contributed by atoms with van der Waals surface area (Å²) in [6.07, 6.45) is 4.94. The van der Waals surface area contributed by atoms with Crippen LogP contribution in [0.15, 0.2) is 18.2 Å². The van der Waals surface area contributed by atoms with Crippen LogP contribution in [-0.4, -0.2) is 50.3 Å². The van der Waals surface area contributed by atoms with Gasteiger partial charge in [0.2, 0.25) is 0 Å². The maximum atomic E-state index is 13.1. The maximum absolute atomic E-state index is 13.1. The van der Waals surface area contributed by atoms with Crippen LogP contribution in [0.3, 0.4) is 0 Å². The maximum Gasteiger partial charge on any atom is 0.257 e. The van der Waals surface area contributed by atoms with E-state index in [9.17, 15) is 4.79 Å². The molecule has 1 atom stereocenters. The topological polar surface area (TPSA) is 64.8 Å². The van der Waals surface area contributed by atoms with E-state index >= 15 is 0 Å². The number of amides is 1. The van der Waals surface area contributed by atoms with E-state index in [4.69, 9.17) is 15.2 Å². The van der Waals surface area contributed by atoms with Crippen LogP contribution >= 0.6 is 0 Å². The van der Waals surface area contributed by atoms with Crippen molar-refractivity contribution in [1.29, 1.82) is 0 Å². The van der Waals surface area contributed by atoms with Crippen LogP contribution in [0.1, 0.15) is 48.0 Å². The van der Waals surface area contributed by atoms with Crippen molar-refractivity contribution in [2.45, 2.75) is 45.1 Å². The van der Waals surface area contributed by atoms with Gasteiger partial charge in [-0.05, 0) is 63.3 Å². The van der Waals surface area contributed by atoms with Crippen LogP contribution in [0.25, 0.3) is 0 Å². The first-order chi connectivity index (χ1) is 11.7. The quantitative estimate of drug-likeness (QED) is 0.743. The number of ether oxygens (including phenoxy) is 2. The van der Waals surface area contributed by atoms with E-state index in [2.05, 4.69) is 0 Å². The molecule has 0 saturated carbocycles. The number of hydrogen-bond acceptors (Lipinski definition) is 4. The van der Waals surface area contributed by atoms with Crippen LogP contribution < -0.4 is 10.5 Å². The van der Waals surface area contributed by atoms with Gasteiger partial charge in [-0.15, -0.1) is 0 Å². The largest absolute Gasteiger partial charge is 0.493 e. The number of aryl methyl sites for hydroxylation is 1. The van der Waals surface area contributed by atoms with Gasteiger partial charge in [-0.2, -0.15) is 0 Å². The Morgan fingerprint density at radius 1 is 1.33 bits per heavy atom. The van der Waals surface area contributed by atoms with Gasteiger partial charge in [0, 0.05) is 26.3 Å². The van der Waals surface area contributed by atoms with Crippen molar-refractivity contribution in [1.82, 2.24) is 4.90 Å². The van der Waals surface area contributed by atoms with Crippen molar-refractivity contribution in [3.63, 3.8) is 0 Å².